The summed E-state index contributed by atoms with van der Waals surface area (Å²) in [4.78, 5) is 39.4. The first-order valence-corrected chi connectivity index (χ1v) is 16.6. The van der Waals surface area contributed by atoms with E-state index in [9.17, 15) is 9.59 Å². The van der Waals surface area contributed by atoms with Crippen molar-refractivity contribution in [1.82, 2.24) is 19.8 Å². The molecule has 0 saturated heterocycles. The van der Waals surface area contributed by atoms with Gasteiger partial charge in [-0.3, -0.25) is 10.1 Å². The molecule has 3 aromatic carbocycles. The molecule has 1 heterocycles. The third kappa shape index (κ3) is 9.54. The molecule has 1 aromatic heterocycles. The Morgan fingerprint density at radius 3 is 2.33 bits per heavy atom. The van der Waals surface area contributed by atoms with Crippen LogP contribution in [0.5, 0.6) is 11.6 Å². The van der Waals surface area contributed by atoms with Crippen molar-refractivity contribution in [3.05, 3.63) is 89.0 Å². The number of aryl methyl sites for hydroxylation is 2. The first-order valence-electron chi connectivity index (χ1n) is 16.6. The summed E-state index contributed by atoms with van der Waals surface area (Å²) in [5, 5.41) is 6.00. The molecular formula is C38H48N6O4. The third-order valence-electron chi connectivity index (χ3n) is 8.48. The molecule has 0 atom stereocenters. The van der Waals surface area contributed by atoms with E-state index in [1.165, 1.54) is 0 Å². The second-order valence-corrected chi connectivity index (χ2v) is 11.8. The van der Waals surface area contributed by atoms with E-state index in [-0.39, 0.29) is 17.7 Å². The van der Waals surface area contributed by atoms with Crippen LogP contribution in [0.15, 0.2) is 66.7 Å². The molecule has 2 amide bonds. The van der Waals surface area contributed by atoms with Crippen LogP contribution in [0.25, 0.3) is 11.3 Å². The quantitative estimate of drug-likeness (QED) is 0.134. The number of benzene rings is 3. The standard InChI is InChI=1S/C38H48N6O4/c1-8-11-14-28-16-21-32(34(24-28)47-7)41-38(46)48-35-25-33(31-15-12-13-26(4)27(31)5)40-37(42-35)39-30-19-17-29(18-20-30)36(45)43(6)22-23-44(9-2)10-3/h12-13,15-21,24-25H,8-11,14,22-23H2,1-7H3,(H,41,46)(H,39,40,42). The number of ether oxygens (including phenoxy) is 2. The summed E-state index contributed by atoms with van der Waals surface area (Å²) in [5.74, 6) is 0.819. The van der Waals surface area contributed by atoms with Gasteiger partial charge >= 0.3 is 6.09 Å². The first kappa shape index (κ1) is 35.9. The summed E-state index contributed by atoms with van der Waals surface area (Å²) in [5.41, 5.74) is 6.55. The van der Waals surface area contributed by atoms with Gasteiger partial charge in [-0.1, -0.05) is 51.5 Å². The number of nitrogens with zero attached hydrogens (tertiary/aromatic N) is 4. The molecule has 0 spiro atoms. The number of methoxy groups -OCH3 is 1. The zero-order valence-corrected chi connectivity index (χ0v) is 29.2. The minimum Gasteiger partial charge on any atom is -0.495 e. The van der Waals surface area contributed by atoms with E-state index >= 15 is 0 Å². The van der Waals surface area contributed by atoms with Gasteiger partial charge in [0.25, 0.3) is 5.91 Å². The molecule has 2 N–H and O–H groups in total. The Kier molecular flexibility index (Phi) is 12.9. The van der Waals surface area contributed by atoms with Crippen molar-refractivity contribution in [2.45, 2.75) is 53.9 Å². The maximum absolute atomic E-state index is 13.1. The van der Waals surface area contributed by atoms with Crippen LogP contribution in [0, 0.1) is 13.8 Å². The Labute approximate surface area is 284 Å². The zero-order valence-electron chi connectivity index (χ0n) is 29.2. The zero-order chi connectivity index (χ0) is 34.6. The fourth-order valence-electron chi connectivity index (χ4n) is 5.28. The first-order chi connectivity index (χ1) is 23.1. The molecule has 10 nitrogen and oxygen atoms in total. The molecule has 0 unspecified atom stereocenters. The summed E-state index contributed by atoms with van der Waals surface area (Å²) < 4.78 is 11.2. The van der Waals surface area contributed by atoms with Crippen LogP contribution in [0.3, 0.4) is 0 Å². The molecule has 10 heteroatoms. The van der Waals surface area contributed by atoms with E-state index in [1.807, 2.05) is 69.4 Å². The number of anilines is 3. The van der Waals surface area contributed by atoms with Crippen LogP contribution >= 0.6 is 0 Å². The van der Waals surface area contributed by atoms with Crippen molar-refractivity contribution in [2.75, 3.05) is 51.0 Å². The van der Waals surface area contributed by atoms with Gasteiger partial charge in [0.1, 0.15) is 5.75 Å². The molecule has 0 fully saturated rings. The van der Waals surface area contributed by atoms with Gasteiger partial charge in [0.05, 0.1) is 18.5 Å². The highest BCUT2D eigenvalue weighted by Crippen LogP contribution is 2.30. The molecule has 4 aromatic rings. The lowest BCUT2D eigenvalue weighted by Crippen LogP contribution is -2.36. The Balaban J connectivity index is 1.55. The van der Waals surface area contributed by atoms with E-state index in [1.54, 1.807) is 30.2 Å². The van der Waals surface area contributed by atoms with Gasteiger partial charge in [-0.05, 0) is 92.9 Å². The third-order valence-corrected chi connectivity index (χ3v) is 8.48. The van der Waals surface area contributed by atoms with Crippen molar-refractivity contribution in [3.8, 4) is 22.9 Å². The largest absolute Gasteiger partial charge is 0.495 e. The molecule has 0 aliphatic carbocycles. The van der Waals surface area contributed by atoms with Crippen LogP contribution in [0.4, 0.5) is 22.1 Å². The van der Waals surface area contributed by atoms with Gasteiger partial charge in [-0.2, -0.15) is 4.98 Å². The number of nitrogens with one attached hydrogen (secondary N) is 2. The highest BCUT2D eigenvalue weighted by atomic mass is 16.6. The second-order valence-electron chi connectivity index (χ2n) is 11.8. The van der Waals surface area contributed by atoms with Gasteiger partial charge in [-0.15, -0.1) is 0 Å². The van der Waals surface area contributed by atoms with Crippen molar-refractivity contribution in [3.63, 3.8) is 0 Å². The SMILES string of the molecule is CCCCc1ccc(NC(=O)Oc2cc(-c3cccc(C)c3C)nc(Nc3ccc(C(=O)N(C)CCN(CC)CC)cc3)n2)c(OC)c1. The van der Waals surface area contributed by atoms with Crippen molar-refractivity contribution >= 4 is 29.3 Å². The van der Waals surface area contributed by atoms with E-state index in [2.05, 4.69) is 41.3 Å². The average Bonchev–Trinajstić information content (AvgIpc) is 3.09. The number of carbonyl (C=O) groups is 2. The Morgan fingerprint density at radius 2 is 1.65 bits per heavy atom. The molecule has 0 bridgehead atoms. The predicted octanol–water partition coefficient (Wildman–Crippen LogP) is 7.88. The van der Waals surface area contributed by atoms with E-state index < -0.39 is 6.09 Å². The summed E-state index contributed by atoms with van der Waals surface area (Å²) in [6.45, 7) is 13.8. The van der Waals surface area contributed by atoms with Gasteiger partial charge in [0.2, 0.25) is 11.8 Å². The minimum absolute atomic E-state index is 0.0456. The van der Waals surface area contributed by atoms with Crippen LogP contribution in [0.2, 0.25) is 0 Å². The maximum atomic E-state index is 13.1. The minimum atomic E-state index is -0.709. The molecular weight excluding hydrogens is 604 g/mol. The summed E-state index contributed by atoms with van der Waals surface area (Å²) in [6.07, 6.45) is 2.39. The topological polar surface area (TPSA) is 109 Å². The lowest BCUT2D eigenvalue weighted by molar-refractivity contribution is 0.0779. The van der Waals surface area contributed by atoms with Crippen molar-refractivity contribution < 1.29 is 19.1 Å². The average molecular weight is 653 g/mol. The van der Waals surface area contributed by atoms with Crippen molar-refractivity contribution in [2.24, 2.45) is 0 Å². The molecule has 48 heavy (non-hydrogen) atoms. The molecule has 0 aliphatic rings. The fourth-order valence-corrected chi connectivity index (χ4v) is 5.28. The van der Waals surface area contributed by atoms with E-state index in [0.29, 0.717) is 34.9 Å². The predicted molar refractivity (Wildman–Crippen MR) is 193 cm³/mol. The lowest BCUT2D eigenvalue weighted by atomic mass is 10.0. The second kappa shape index (κ2) is 17.3. The van der Waals surface area contributed by atoms with Crippen molar-refractivity contribution in [1.29, 1.82) is 0 Å². The highest BCUT2D eigenvalue weighted by molar-refractivity contribution is 5.94. The number of hydrogen-bond donors (Lipinski definition) is 2. The van der Waals surface area contributed by atoms with Gasteiger partial charge in [0.15, 0.2) is 0 Å². The Hall–Kier alpha value is -4.96. The van der Waals surface area contributed by atoms with Gasteiger partial charge in [-0.25, -0.2) is 9.78 Å². The van der Waals surface area contributed by atoms with Gasteiger partial charge < -0.3 is 24.6 Å². The smallest absolute Gasteiger partial charge is 0.418 e. The maximum Gasteiger partial charge on any atom is 0.418 e. The van der Waals surface area contributed by atoms with Crippen LogP contribution in [0.1, 0.15) is 60.7 Å². The number of unbranched alkanes of at least 4 members (excludes halogenated alkanes) is 1. The van der Waals surface area contributed by atoms with E-state index in [4.69, 9.17) is 14.5 Å². The number of likely N-dealkylation sites (N-methyl/N-ethyl adjacent to an activating group) is 2. The molecule has 0 saturated carbocycles. The van der Waals surface area contributed by atoms with E-state index in [0.717, 1.165) is 61.2 Å². The number of amides is 2. The number of carbonyl (C=O) groups excluding carboxylic acids is 2. The van der Waals surface area contributed by atoms with Crippen LogP contribution < -0.4 is 20.1 Å². The number of aromatic nitrogens is 2. The van der Waals surface area contributed by atoms with Crippen LogP contribution in [-0.4, -0.2) is 72.1 Å². The highest BCUT2D eigenvalue weighted by Gasteiger charge is 2.17. The molecule has 0 aliphatic heterocycles. The van der Waals surface area contributed by atoms with Gasteiger partial charge in [0, 0.05) is 43.0 Å². The fraction of sp³-hybridized carbons (Fsp3) is 0.368. The summed E-state index contributed by atoms with van der Waals surface area (Å²) in [6, 6.07) is 20.5. The number of rotatable bonds is 15. The Morgan fingerprint density at radius 1 is 0.896 bits per heavy atom. The molecule has 254 valence electrons. The lowest BCUT2D eigenvalue weighted by Gasteiger charge is -2.23. The summed E-state index contributed by atoms with van der Waals surface area (Å²) in [7, 11) is 3.39. The normalized spacial score (nSPS) is 10.9. The summed E-state index contributed by atoms with van der Waals surface area (Å²) >= 11 is 0. The Bertz CT molecular complexity index is 1690. The molecule has 4 rings (SSSR count). The molecule has 0 radical (unpaired) electrons. The van der Waals surface area contributed by atoms with Crippen LogP contribution in [-0.2, 0) is 6.42 Å². The monoisotopic (exact) mass is 652 g/mol. The number of hydrogen-bond acceptors (Lipinski definition) is 8.